The minimum atomic E-state index is -5.16. The van der Waals surface area contributed by atoms with Crippen LogP contribution in [0.4, 0.5) is 17.6 Å². The third-order valence-electron chi connectivity index (χ3n) is 6.57. The molecule has 1 fully saturated rings. The van der Waals surface area contributed by atoms with Crippen molar-refractivity contribution in [2.24, 2.45) is 0 Å². The van der Waals surface area contributed by atoms with Crippen molar-refractivity contribution in [1.29, 1.82) is 0 Å². The summed E-state index contributed by atoms with van der Waals surface area (Å²) in [5, 5.41) is 13.5. The van der Waals surface area contributed by atoms with E-state index in [2.05, 4.69) is 10.3 Å². The molecule has 2 aromatic carbocycles. The first kappa shape index (κ1) is 28.0. The molecule has 0 radical (unpaired) electrons. The zero-order chi connectivity index (χ0) is 28.4. The van der Waals surface area contributed by atoms with Gasteiger partial charge in [0.1, 0.15) is 23.0 Å². The first-order valence-electron chi connectivity index (χ1n) is 12.1. The second kappa shape index (κ2) is 11.0. The van der Waals surface area contributed by atoms with Crippen LogP contribution in [-0.4, -0.2) is 47.7 Å². The van der Waals surface area contributed by atoms with E-state index in [1.807, 2.05) is 0 Å². The van der Waals surface area contributed by atoms with Crippen molar-refractivity contribution in [3.63, 3.8) is 0 Å². The van der Waals surface area contributed by atoms with Crippen LogP contribution in [0.2, 0.25) is 0 Å². The number of halogens is 4. The van der Waals surface area contributed by atoms with E-state index in [1.54, 1.807) is 0 Å². The van der Waals surface area contributed by atoms with Crippen molar-refractivity contribution < 1.29 is 41.7 Å². The van der Waals surface area contributed by atoms with Gasteiger partial charge in [0.2, 0.25) is 5.60 Å². The Morgan fingerprint density at radius 3 is 2.44 bits per heavy atom. The highest BCUT2D eigenvalue weighted by molar-refractivity contribution is 5.96. The quantitative estimate of drug-likeness (QED) is 0.293. The number of benzene rings is 2. The molecule has 4 rings (SSSR count). The zero-order valence-electron chi connectivity index (χ0n) is 21.1. The fourth-order valence-corrected chi connectivity index (χ4v) is 4.26. The number of aliphatic hydroxyl groups is 1. The molecule has 2 heterocycles. The number of aryl methyl sites for hydroxylation is 1. The van der Waals surface area contributed by atoms with Crippen molar-refractivity contribution in [2.75, 3.05) is 13.7 Å². The lowest BCUT2D eigenvalue weighted by Gasteiger charge is -2.30. The molecule has 0 bridgehead atoms. The molecule has 0 saturated carbocycles. The van der Waals surface area contributed by atoms with Crippen LogP contribution >= 0.6 is 0 Å². The molecule has 0 spiro atoms. The lowest BCUT2D eigenvalue weighted by Crippen LogP contribution is -2.43. The number of ketones is 1. The number of amides is 1. The maximum Gasteiger partial charge on any atom is 0.422 e. The van der Waals surface area contributed by atoms with E-state index in [0.29, 0.717) is 24.3 Å². The maximum atomic E-state index is 14.2. The highest BCUT2D eigenvalue weighted by Gasteiger charge is 2.56. The van der Waals surface area contributed by atoms with E-state index in [9.17, 15) is 32.3 Å². The van der Waals surface area contributed by atoms with Crippen molar-refractivity contribution in [1.82, 2.24) is 10.3 Å². The minimum Gasteiger partial charge on any atom is -0.494 e. The number of nitrogens with zero attached hydrogens (tertiary/aromatic N) is 1. The number of carbonyl (C=O) groups excluding carboxylic acids is 2. The third kappa shape index (κ3) is 5.88. The molecule has 11 heteroatoms. The van der Waals surface area contributed by atoms with Crippen molar-refractivity contribution in [2.45, 2.75) is 44.1 Å². The van der Waals surface area contributed by atoms with Gasteiger partial charge in [-0.25, -0.2) is 9.37 Å². The number of pyridine rings is 1. The molecular formula is C28H26F4N2O5. The number of carbonyl (C=O) groups is 2. The van der Waals surface area contributed by atoms with Gasteiger partial charge in [0.15, 0.2) is 11.9 Å². The number of hydrogen-bond donors (Lipinski definition) is 2. The van der Waals surface area contributed by atoms with E-state index in [4.69, 9.17) is 9.47 Å². The summed E-state index contributed by atoms with van der Waals surface area (Å²) in [6.45, 7) is 1.99. The normalized spacial score (nSPS) is 16.9. The molecule has 1 aliphatic rings. The summed E-state index contributed by atoms with van der Waals surface area (Å²) < 4.78 is 67.2. The summed E-state index contributed by atoms with van der Waals surface area (Å²) in [5.41, 5.74) is -3.52. The maximum absolute atomic E-state index is 14.2. The highest BCUT2D eigenvalue weighted by atomic mass is 19.4. The lowest BCUT2D eigenvalue weighted by molar-refractivity contribution is -0.270. The van der Waals surface area contributed by atoms with Crippen molar-refractivity contribution in [3.8, 4) is 22.8 Å². The average Bonchev–Trinajstić information content (AvgIpc) is 3.32. The average molecular weight is 547 g/mol. The molecule has 39 heavy (non-hydrogen) atoms. The van der Waals surface area contributed by atoms with Crippen LogP contribution in [0.3, 0.4) is 0 Å². The topological polar surface area (TPSA) is 97.8 Å². The molecule has 1 amide bonds. The van der Waals surface area contributed by atoms with Crippen molar-refractivity contribution >= 4 is 11.7 Å². The van der Waals surface area contributed by atoms with Gasteiger partial charge >= 0.3 is 6.18 Å². The number of ether oxygens (including phenoxy) is 2. The van der Waals surface area contributed by atoms with Gasteiger partial charge < -0.3 is 19.9 Å². The number of Topliss-reactive ketones (excluding diaryl/α,β-unsaturated/α-hetero) is 1. The molecule has 3 aromatic rings. The number of hydrogen-bond acceptors (Lipinski definition) is 6. The van der Waals surface area contributed by atoms with E-state index in [0.717, 1.165) is 12.1 Å². The molecule has 0 aliphatic carbocycles. The lowest BCUT2D eigenvalue weighted by atomic mass is 9.89. The van der Waals surface area contributed by atoms with E-state index in [-0.39, 0.29) is 28.5 Å². The Labute approximate surface area is 221 Å². The third-order valence-corrected chi connectivity index (χ3v) is 6.57. The van der Waals surface area contributed by atoms with Crippen LogP contribution in [0.5, 0.6) is 11.5 Å². The van der Waals surface area contributed by atoms with Gasteiger partial charge in [0.25, 0.3) is 5.91 Å². The SMILES string of the molecule is COc1ccc(C(O)(CCC(=O)c2ccc(OC3CCNC3=O)cc2)C(F)(F)F)nc1-c1ccc(F)c(C)c1. The summed E-state index contributed by atoms with van der Waals surface area (Å²) in [7, 11) is 1.31. The number of rotatable bonds is 9. The molecule has 1 saturated heterocycles. The Hall–Kier alpha value is -3.99. The minimum absolute atomic E-state index is 0.0152. The van der Waals surface area contributed by atoms with Crippen LogP contribution < -0.4 is 14.8 Å². The van der Waals surface area contributed by atoms with E-state index < -0.39 is 48.0 Å². The van der Waals surface area contributed by atoms with Crippen LogP contribution in [0.25, 0.3) is 11.3 Å². The molecule has 2 N–H and O–H groups in total. The first-order chi connectivity index (χ1) is 18.4. The van der Waals surface area contributed by atoms with Crippen LogP contribution in [0.15, 0.2) is 54.6 Å². The highest BCUT2D eigenvalue weighted by Crippen LogP contribution is 2.43. The summed E-state index contributed by atoms with van der Waals surface area (Å²) in [5.74, 6) is -0.908. The molecule has 2 unspecified atom stereocenters. The number of aromatic nitrogens is 1. The molecule has 1 aromatic heterocycles. The summed E-state index contributed by atoms with van der Waals surface area (Å²) in [4.78, 5) is 28.5. The monoisotopic (exact) mass is 546 g/mol. The van der Waals surface area contributed by atoms with Gasteiger partial charge in [-0.15, -0.1) is 0 Å². The van der Waals surface area contributed by atoms with Gasteiger partial charge in [-0.1, -0.05) is 0 Å². The summed E-state index contributed by atoms with van der Waals surface area (Å²) in [6.07, 6.45) is -6.94. The fraction of sp³-hybridized carbons (Fsp3) is 0.321. The molecule has 1 aliphatic heterocycles. The van der Waals surface area contributed by atoms with E-state index in [1.165, 1.54) is 56.5 Å². The Kier molecular flexibility index (Phi) is 7.91. The van der Waals surface area contributed by atoms with Gasteiger partial charge in [-0.05, 0) is 73.5 Å². The molecule has 206 valence electrons. The molecular weight excluding hydrogens is 520 g/mol. The smallest absolute Gasteiger partial charge is 0.422 e. The van der Waals surface area contributed by atoms with Crippen LogP contribution in [-0.2, 0) is 10.4 Å². The van der Waals surface area contributed by atoms with E-state index >= 15 is 0 Å². The summed E-state index contributed by atoms with van der Waals surface area (Å²) in [6, 6.07) is 11.8. The second-order valence-electron chi connectivity index (χ2n) is 9.20. The summed E-state index contributed by atoms with van der Waals surface area (Å²) >= 11 is 0. The Bertz CT molecular complexity index is 1380. The number of alkyl halides is 3. The predicted octanol–water partition coefficient (Wildman–Crippen LogP) is 4.89. The van der Waals surface area contributed by atoms with Gasteiger partial charge in [0, 0.05) is 30.5 Å². The van der Waals surface area contributed by atoms with Gasteiger partial charge in [0.05, 0.1) is 12.8 Å². The Morgan fingerprint density at radius 2 is 1.85 bits per heavy atom. The largest absolute Gasteiger partial charge is 0.494 e. The Balaban J connectivity index is 1.56. The van der Waals surface area contributed by atoms with Gasteiger partial charge in [-0.2, -0.15) is 13.2 Å². The second-order valence-corrected chi connectivity index (χ2v) is 9.20. The number of nitrogens with one attached hydrogen (secondary N) is 1. The Morgan fingerprint density at radius 1 is 1.13 bits per heavy atom. The zero-order valence-corrected chi connectivity index (χ0v) is 21.1. The predicted molar refractivity (Wildman–Crippen MR) is 133 cm³/mol. The van der Waals surface area contributed by atoms with Crippen molar-refractivity contribution in [3.05, 3.63) is 77.2 Å². The fourth-order valence-electron chi connectivity index (χ4n) is 4.26. The van der Waals surface area contributed by atoms with Crippen LogP contribution in [0.1, 0.15) is 40.9 Å². The number of methoxy groups -OCH3 is 1. The standard InChI is InChI=1S/C28H26F4N2O5/c1-16-15-18(5-8-20(16)29)25-22(38-2)9-10-24(34-25)27(37,28(30,31)32)13-11-21(35)17-3-6-19(7-4-17)39-23-12-14-33-26(23)36/h3-10,15,23,37H,11-14H2,1-2H3,(H,33,36). The molecule has 2 atom stereocenters. The van der Waals surface area contributed by atoms with Gasteiger partial charge in [-0.3, -0.25) is 9.59 Å². The first-order valence-corrected chi connectivity index (χ1v) is 12.1. The van der Waals surface area contributed by atoms with Crippen LogP contribution in [0, 0.1) is 12.7 Å². The molecule has 7 nitrogen and oxygen atoms in total.